The van der Waals surface area contributed by atoms with Gasteiger partial charge in [0.25, 0.3) is 0 Å². The molecule has 0 aliphatic rings. The third kappa shape index (κ3) is 7.32. The second-order valence-corrected chi connectivity index (χ2v) is 10.0. The molecule has 2 aromatic heterocycles. The number of hydrogen-bond donors (Lipinski definition) is 3. The van der Waals surface area contributed by atoms with E-state index in [1.54, 1.807) is 36.2 Å². The molecule has 0 bridgehead atoms. The first kappa shape index (κ1) is 27.6. The van der Waals surface area contributed by atoms with Crippen LogP contribution in [-0.2, 0) is 10.2 Å². The zero-order valence-electron chi connectivity index (χ0n) is 22.7. The topological polar surface area (TPSA) is 102 Å². The highest BCUT2D eigenvalue weighted by molar-refractivity contribution is 5.99. The fraction of sp³-hybridized carbons (Fsp3) is 0.276. The van der Waals surface area contributed by atoms with E-state index in [2.05, 4.69) is 20.9 Å². The summed E-state index contributed by atoms with van der Waals surface area (Å²) in [4.78, 5) is 17.1. The first-order chi connectivity index (χ1) is 18.6. The Balaban J connectivity index is 1.52. The number of ether oxygens (including phenoxy) is 2. The molecule has 0 aliphatic carbocycles. The molecule has 39 heavy (non-hydrogen) atoms. The molecule has 0 atom stereocenters. The Labute approximate surface area is 227 Å². The van der Waals surface area contributed by atoms with Crippen LogP contribution in [0.15, 0.2) is 66.9 Å². The lowest BCUT2D eigenvalue weighted by Gasteiger charge is -2.14. The van der Waals surface area contributed by atoms with Crippen LogP contribution in [0.4, 0.5) is 26.4 Å². The second-order valence-electron chi connectivity index (χ2n) is 10.0. The van der Waals surface area contributed by atoms with Crippen molar-refractivity contribution in [3.63, 3.8) is 0 Å². The van der Waals surface area contributed by atoms with Crippen molar-refractivity contribution in [3.8, 4) is 17.2 Å². The molecular weight excluding hydrogens is 499 g/mol. The lowest BCUT2D eigenvalue weighted by atomic mass is 9.92. The van der Waals surface area contributed by atoms with Crippen molar-refractivity contribution in [2.45, 2.75) is 33.1 Å². The number of urea groups is 1. The number of hydrogen-bond acceptors (Lipinski definition) is 6. The Morgan fingerprint density at radius 3 is 2.54 bits per heavy atom. The van der Waals surface area contributed by atoms with E-state index in [-0.39, 0.29) is 11.1 Å². The van der Waals surface area contributed by atoms with Gasteiger partial charge in [-0.2, -0.15) is 5.10 Å². The van der Waals surface area contributed by atoms with Gasteiger partial charge in [-0.15, -0.1) is 0 Å². The minimum absolute atomic E-state index is 0.0113. The predicted molar refractivity (Wildman–Crippen MR) is 151 cm³/mol. The zero-order chi connectivity index (χ0) is 28.0. The molecule has 0 aliphatic heterocycles. The van der Waals surface area contributed by atoms with Gasteiger partial charge in [0.1, 0.15) is 23.1 Å². The van der Waals surface area contributed by atoms with Gasteiger partial charge < -0.3 is 20.1 Å². The maximum absolute atomic E-state index is 14.8. The van der Waals surface area contributed by atoms with Crippen LogP contribution in [0, 0.1) is 12.7 Å². The van der Waals surface area contributed by atoms with Crippen molar-refractivity contribution in [1.29, 1.82) is 0 Å². The number of methoxy groups -OCH3 is 1. The second kappa shape index (κ2) is 12.0. The molecule has 0 fully saturated rings. The van der Waals surface area contributed by atoms with E-state index in [0.717, 1.165) is 22.8 Å². The fourth-order valence-corrected chi connectivity index (χ4v) is 3.73. The summed E-state index contributed by atoms with van der Waals surface area (Å²) in [5, 5.41) is 13.4. The normalized spacial score (nSPS) is 11.2. The third-order valence-electron chi connectivity index (χ3n) is 5.74. The van der Waals surface area contributed by atoms with Gasteiger partial charge in [-0.05, 0) is 43.3 Å². The number of carbonyl (C=O) groups is 1. The Morgan fingerprint density at radius 1 is 1.03 bits per heavy atom. The number of aromatic nitrogens is 3. The highest BCUT2D eigenvalue weighted by atomic mass is 19.1. The minimum Gasteiger partial charge on any atom is -0.457 e. The molecule has 3 N–H and O–H groups in total. The van der Waals surface area contributed by atoms with E-state index in [9.17, 15) is 9.18 Å². The van der Waals surface area contributed by atoms with Crippen LogP contribution < -0.4 is 20.7 Å². The Bertz CT molecular complexity index is 1450. The Hall–Kier alpha value is -4.44. The number of amides is 2. The average Bonchev–Trinajstić information content (AvgIpc) is 3.30. The zero-order valence-corrected chi connectivity index (χ0v) is 22.7. The van der Waals surface area contributed by atoms with E-state index in [4.69, 9.17) is 14.6 Å². The molecule has 0 unspecified atom stereocenters. The van der Waals surface area contributed by atoms with Gasteiger partial charge in [-0.1, -0.05) is 26.8 Å². The summed E-state index contributed by atoms with van der Waals surface area (Å²) in [7, 11) is 1.65. The van der Waals surface area contributed by atoms with Crippen LogP contribution in [0.1, 0.15) is 32.2 Å². The Kier molecular flexibility index (Phi) is 8.46. The number of pyridine rings is 1. The summed E-state index contributed by atoms with van der Waals surface area (Å²) >= 11 is 0. The van der Waals surface area contributed by atoms with Crippen LogP contribution in [-0.4, -0.2) is 41.1 Å². The summed E-state index contributed by atoms with van der Waals surface area (Å²) in [5.41, 5.74) is 2.96. The van der Waals surface area contributed by atoms with Crippen LogP contribution in [0.25, 0.3) is 5.69 Å². The molecule has 4 aromatic rings. The van der Waals surface area contributed by atoms with Crippen molar-refractivity contribution in [1.82, 2.24) is 14.8 Å². The molecule has 0 radical (unpaired) electrons. The molecule has 0 saturated heterocycles. The number of anilines is 3. The van der Waals surface area contributed by atoms with E-state index in [0.29, 0.717) is 30.5 Å². The number of nitrogens with one attached hydrogen (secondary N) is 3. The number of aryl methyl sites for hydroxylation is 1. The number of benzene rings is 2. The first-order valence-electron chi connectivity index (χ1n) is 12.5. The Morgan fingerprint density at radius 2 is 1.82 bits per heavy atom. The number of carbonyl (C=O) groups excluding carboxylic acids is 1. The van der Waals surface area contributed by atoms with Gasteiger partial charge >= 0.3 is 6.03 Å². The third-order valence-corrected chi connectivity index (χ3v) is 5.74. The smallest absolute Gasteiger partial charge is 0.324 e. The number of rotatable bonds is 9. The van der Waals surface area contributed by atoms with Gasteiger partial charge in [-0.3, -0.25) is 10.3 Å². The van der Waals surface area contributed by atoms with Gasteiger partial charge in [-0.25, -0.2) is 13.9 Å². The summed E-state index contributed by atoms with van der Waals surface area (Å²) in [5.74, 6) is 0.657. The summed E-state index contributed by atoms with van der Waals surface area (Å²) < 4.78 is 27.3. The summed E-state index contributed by atoms with van der Waals surface area (Å²) in [6, 6.07) is 16.6. The molecule has 9 nitrogen and oxygen atoms in total. The molecule has 2 amide bonds. The van der Waals surface area contributed by atoms with E-state index in [1.807, 2.05) is 58.0 Å². The standard InChI is InChI=1S/C29H33FN6O3/c1-19-15-23(11-12-31-19)39-22-9-10-25(24(30)17-22)33-28(37)34-27-18-26(29(2,3)4)35-36(27)21-8-6-7-20(16-21)32-13-14-38-5/h6-12,15-18,32H,13-14H2,1-5H3,(H2,33,34,37). The monoisotopic (exact) mass is 532 g/mol. The van der Waals surface area contributed by atoms with Crippen molar-refractivity contribution in [2.24, 2.45) is 0 Å². The molecule has 204 valence electrons. The highest BCUT2D eigenvalue weighted by Gasteiger charge is 2.22. The summed E-state index contributed by atoms with van der Waals surface area (Å²) in [6.07, 6.45) is 1.62. The number of halogens is 1. The molecule has 2 heterocycles. The quantitative estimate of drug-likeness (QED) is 0.213. The highest BCUT2D eigenvalue weighted by Crippen LogP contribution is 2.28. The van der Waals surface area contributed by atoms with Crippen molar-refractivity contribution >= 4 is 23.2 Å². The van der Waals surface area contributed by atoms with Crippen molar-refractivity contribution in [2.75, 3.05) is 36.2 Å². The van der Waals surface area contributed by atoms with Gasteiger partial charge in [0.2, 0.25) is 0 Å². The van der Waals surface area contributed by atoms with Crippen molar-refractivity contribution < 1.29 is 18.7 Å². The van der Waals surface area contributed by atoms with Crippen LogP contribution in [0.2, 0.25) is 0 Å². The predicted octanol–water partition coefficient (Wildman–Crippen LogP) is 6.51. The van der Waals surface area contributed by atoms with Gasteiger partial charge in [0.05, 0.1) is 23.7 Å². The van der Waals surface area contributed by atoms with Gasteiger partial charge in [0, 0.05) is 54.8 Å². The molecule has 10 heteroatoms. The van der Waals surface area contributed by atoms with Crippen molar-refractivity contribution in [3.05, 3.63) is 84.1 Å². The van der Waals surface area contributed by atoms with Crippen LogP contribution in [0.5, 0.6) is 11.5 Å². The van der Waals surface area contributed by atoms with E-state index in [1.165, 1.54) is 12.1 Å². The van der Waals surface area contributed by atoms with Gasteiger partial charge in [0.15, 0.2) is 0 Å². The molecule has 0 saturated carbocycles. The largest absolute Gasteiger partial charge is 0.457 e. The maximum Gasteiger partial charge on any atom is 0.324 e. The maximum atomic E-state index is 14.8. The fourth-order valence-electron chi connectivity index (χ4n) is 3.73. The SMILES string of the molecule is COCCNc1cccc(-n2nc(C(C)(C)C)cc2NC(=O)Nc2ccc(Oc3ccnc(C)c3)cc2F)c1. The molecule has 2 aromatic carbocycles. The molecule has 0 spiro atoms. The van der Waals surface area contributed by atoms with E-state index < -0.39 is 11.8 Å². The average molecular weight is 533 g/mol. The molecule has 4 rings (SSSR count). The lowest BCUT2D eigenvalue weighted by Crippen LogP contribution is -2.22. The first-order valence-corrected chi connectivity index (χ1v) is 12.5. The lowest BCUT2D eigenvalue weighted by molar-refractivity contribution is 0.211. The summed E-state index contributed by atoms with van der Waals surface area (Å²) in [6.45, 7) is 9.18. The van der Waals surface area contributed by atoms with E-state index >= 15 is 0 Å². The minimum atomic E-state index is -0.632. The number of nitrogens with zero attached hydrogens (tertiary/aromatic N) is 3. The molecular formula is C29H33FN6O3. The van der Waals surface area contributed by atoms with Crippen LogP contribution >= 0.6 is 0 Å². The van der Waals surface area contributed by atoms with Crippen LogP contribution in [0.3, 0.4) is 0 Å².